The van der Waals surface area contributed by atoms with Gasteiger partial charge in [0.2, 0.25) is 0 Å². The summed E-state index contributed by atoms with van der Waals surface area (Å²) in [6, 6.07) is 6.94. The van der Waals surface area contributed by atoms with Crippen LogP contribution in [0.3, 0.4) is 0 Å². The fourth-order valence-electron chi connectivity index (χ4n) is 1.70. The topological polar surface area (TPSA) is 157 Å². The van der Waals surface area contributed by atoms with E-state index in [0.717, 1.165) is 0 Å². The van der Waals surface area contributed by atoms with Crippen LogP contribution in [0.5, 0.6) is 11.5 Å². The number of methoxy groups -OCH3 is 2. The van der Waals surface area contributed by atoms with Crippen molar-refractivity contribution in [2.24, 2.45) is 0 Å². The van der Waals surface area contributed by atoms with Crippen LogP contribution in [0.1, 0.15) is 0 Å². The Morgan fingerprint density at radius 1 is 0.920 bits per heavy atom. The number of anilines is 2. The fourth-order valence-corrected chi connectivity index (χ4v) is 2.19. The number of nitro benzene ring substituents is 2. The van der Waals surface area contributed by atoms with Gasteiger partial charge in [-0.2, -0.15) is 0 Å². The van der Waals surface area contributed by atoms with Crippen molar-refractivity contribution in [2.45, 2.75) is 0 Å². The SMILES string of the molecule is COc1cc(N)c([N+](=O)[O-])cc1Br.COc1ccc([N+](=O)[O-])c(N)c1. The van der Waals surface area contributed by atoms with E-state index in [-0.39, 0.29) is 22.7 Å². The van der Waals surface area contributed by atoms with E-state index in [0.29, 0.717) is 16.0 Å². The molecule has 0 amide bonds. The Bertz CT molecular complexity index is 799. The van der Waals surface area contributed by atoms with E-state index in [1.807, 2.05) is 0 Å². The first-order valence-corrected chi connectivity index (χ1v) is 7.35. The molecule has 0 aliphatic rings. The number of ether oxygens (including phenoxy) is 2. The summed E-state index contributed by atoms with van der Waals surface area (Å²) >= 11 is 3.12. The smallest absolute Gasteiger partial charge is 0.293 e. The molecule has 4 N–H and O–H groups in total. The van der Waals surface area contributed by atoms with Crippen LogP contribution in [0.2, 0.25) is 0 Å². The summed E-state index contributed by atoms with van der Waals surface area (Å²) in [4.78, 5) is 19.7. The lowest BCUT2D eigenvalue weighted by atomic mass is 10.2. The molecule has 10 nitrogen and oxygen atoms in total. The van der Waals surface area contributed by atoms with Crippen molar-refractivity contribution in [2.75, 3.05) is 25.7 Å². The Balaban J connectivity index is 0.000000251. The van der Waals surface area contributed by atoms with Crippen molar-refractivity contribution in [3.05, 3.63) is 55.0 Å². The second-order valence-corrected chi connectivity index (χ2v) is 5.34. The lowest BCUT2D eigenvalue weighted by Crippen LogP contribution is -1.96. The van der Waals surface area contributed by atoms with Crippen molar-refractivity contribution in [3.8, 4) is 11.5 Å². The number of hydrogen-bond donors (Lipinski definition) is 2. The third-order valence-corrected chi connectivity index (χ3v) is 3.55. The van der Waals surface area contributed by atoms with Crippen LogP contribution < -0.4 is 20.9 Å². The molecule has 0 unspecified atom stereocenters. The highest BCUT2D eigenvalue weighted by molar-refractivity contribution is 9.10. The Labute approximate surface area is 150 Å². The molecule has 2 aromatic rings. The molecule has 0 saturated carbocycles. The number of nitrogen functional groups attached to an aromatic ring is 2. The van der Waals surface area contributed by atoms with Crippen molar-refractivity contribution in [1.29, 1.82) is 0 Å². The van der Waals surface area contributed by atoms with Gasteiger partial charge >= 0.3 is 0 Å². The van der Waals surface area contributed by atoms with Crippen LogP contribution >= 0.6 is 15.9 Å². The van der Waals surface area contributed by atoms with E-state index in [4.69, 9.17) is 20.9 Å². The molecule has 0 heterocycles. The Morgan fingerprint density at radius 2 is 1.48 bits per heavy atom. The first kappa shape index (κ1) is 20.0. The molecular formula is C14H15BrN4O6. The van der Waals surface area contributed by atoms with Crippen LogP contribution in [0.25, 0.3) is 0 Å². The van der Waals surface area contributed by atoms with Gasteiger partial charge in [0.1, 0.15) is 22.9 Å². The molecule has 0 aliphatic heterocycles. The minimum absolute atomic E-state index is 0.0880. The van der Waals surface area contributed by atoms with Crippen LogP contribution in [0, 0.1) is 20.2 Å². The van der Waals surface area contributed by atoms with E-state index in [9.17, 15) is 20.2 Å². The number of nitro groups is 2. The summed E-state index contributed by atoms with van der Waals surface area (Å²) in [7, 11) is 2.94. The molecule has 0 aromatic heterocycles. The van der Waals surface area contributed by atoms with E-state index in [2.05, 4.69) is 15.9 Å². The first-order valence-electron chi connectivity index (χ1n) is 6.56. The zero-order valence-electron chi connectivity index (χ0n) is 13.3. The molecule has 2 rings (SSSR count). The molecule has 0 aliphatic carbocycles. The number of benzene rings is 2. The second kappa shape index (κ2) is 8.68. The van der Waals surface area contributed by atoms with Crippen molar-refractivity contribution < 1.29 is 19.3 Å². The van der Waals surface area contributed by atoms with Gasteiger partial charge in [0.15, 0.2) is 0 Å². The summed E-state index contributed by atoms with van der Waals surface area (Å²) in [6.07, 6.45) is 0. The number of rotatable bonds is 4. The summed E-state index contributed by atoms with van der Waals surface area (Å²) in [5.41, 5.74) is 10.8. The molecule has 0 fully saturated rings. The summed E-state index contributed by atoms with van der Waals surface area (Å²) in [5, 5.41) is 20.7. The fraction of sp³-hybridized carbons (Fsp3) is 0.143. The minimum atomic E-state index is -0.542. The quantitative estimate of drug-likeness (QED) is 0.438. The van der Waals surface area contributed by atoms with Gasteiger partial charge in [0.25, 0.3) is 11.4 Å². The number of halogens is 1. The highest BCUT2D eigenvalue weighted by Crippen LogP contribution is 2.33. The van der Waals surface area contributed by atoms with E-state index >= 15 is 0 Å². The molecule has 134 valence electrons. The molecular weight excluding hydrogens is 400 g/mol. The largest absolute Gasteiger partial charge is 0.497 e. The van der Waals surface area contributed by atoms with Crippen LogP contribution in [0.4, 0.5) is 22.7 Å². The number of nitrogens with zero attached hydrogens (tertiary/aromatic N) is 2. The zero-order chi connectivity index (χ0) is 19.1. The van der Waals surface area contributed by atoms with Crippen LogP contribution in [0.15, 0.2) is 34.8 Å². The molecule has 11 heteroatoms. The Morgan fingerprint density at radius 3 is 1.92 bits per heavy atom. The van der Waals surface area contributed by atoms with Gasteiger partial charge in [-0.3, -0.25) is 20.2 Å². The van der Waals surface area contributed by atoms with Gasteiger partial charge in [-0.05, 0) is 22.0 Å². The molecule has 0 saturated heterocycles. The monoisotopic (exact) mass is 414 g/mol. The lowest BCUT2D eigenvalue weighted by molar-refractivity contribution is -0.384. The minimum Gasteiger partial charge on any atom is -0.497 e. The molecule has 2 aromatic carbocycles. The van der Waals surface area contributed by atoms with E-state index < -0.39 is 9.85 Å². The second-order valence-electron chi connectivity index (χ2n) is 4.48. The zero-order valence-corrected chi connectivity index (χ0v) is 14.8. The summed E-state index contributed by atoms with van der Waals surface area (Å²) in [6.45, 7) is 0. The predicted octanol–water partition coefficient (Wildman–Crippen LogP) is 3.13. The third kappa shape index (κ3) is 5.21. The van der Waals surface area contributed by atoms with Gasteiger partial charge in [-0.25, -0.2) is 0 Å². The van der Waals surface area contributed by atoms with Crippen LogP contribution in [-0.2, 0) is 0 Å². The predicted molar refractivity (Wildman–Crippen MR) is 95.8 cm³/mol. The maximum atomic E-state index is 10.4. The van der Waals surface area contributed by atoms with Crippen molar-refractivity contribution >= 4 is 38.7 Å². The first-order chi connectivity index (χ1) is 11.7. The van der Waals surface area contributed by atoms with Crippen molar-refractivity contribution in [3.63, 3.8) is 0 Å². The number of nitrogens with two attached hydrogens (primary N) is 2. The summed E-state index contributed by atoms with van der Waals surface area (Å²) in [5.74, 6) is 0.987. The molecule has 0 radical (unpaired) electrons. The van der Waals surface area contributed by atoms with Gasteiger partial charge in [0.05, 0.1) is 28.5 Å². The highest BCUT2D eigenvalue weighted by atomic mass is 79.9. The molecule has 0 spiro atoms. The maximum absolute atomic E-state index is 10.4. The maximum Gasteiger partial charge on any atom is 0.293 e. The lowest BCUT2D eigenvalue weighted by Gasteiger charge is -2.04. The Kier molecular flexibility index (Phi) is 6.93. The number of hydrogen-bond acceptors (Lipinski definition) is 8. The standard InChI is InChI=1S/C7H7BrN2O3.C7H8N2O3/c1-13-7-3-5(9)6(10(11)12)2-4(7)8;1-12-5-2-3-7(9(10)11)6(8)4-5/h2-3H,9H2,1H3;2-4H,8H2,1H3. The van der Waals surface area contributed by atoms with Gasteiger partial charge < -0.3 is 20.9 Å². The average Bonchev–Trinajstić information content (AvgIpc) is 2.56. The van der Waals surface area contributed by atoms with Gasteiger partial charge in [-0.15, -0.1) is 0 Å². The van der Waals surface area contributed by atoms with Gasteiger partial charge in [-0.1, -0.05) is 0 Å². The van der Waals surface area contributed by atoms with E-state index in [1.54, 1.807) is 0 Å². The molecule has 25 heavy (non-hydrogen) atoms. The molecule has 0 atom stereocenters. The normalized spacial score (nSPS) is 9.56. The molecule has 0 bridgehead atoms. The highest BCUT2D eigenvalue weighted by Gasteiger charge is 2.15. The van der Waals surface area contributed by atoms with Crippen LogP contribution in [-0.4, -0.2) is 24.1 Å². The van der Waals surface area contributed by atoms with E-state index in [1.165, 1.54) is 44.6 Å². The van der Waals surface area contributed by atoms with Crippen molar-refractivity contribution in [1.82, 2.24) is 0 Å². The van der Waals surface area contributed by atoms with Gasteiger partial charge in [0, 0.05) is 24.3 Å². The third-order valence-electron chi connectivity index (χ3n) is 2.93. The Hall–Kier alpha value is -3.08. The average molecular weight is 415 g/mol. The summed E-state index contributed by atoms with van der Waals surface area (Å²) < 4.78 is 10.2.